The molecule has 0 aliphatic heterocycles. The molecule has 0 aliphatic carbocycles. The molecule has 0 bridgehead atoms. The van der Waals surface area contributed by atoms with Crippen LogP contribution in [0.25, 0.3) is 0 Å². The fraction of sp³-hybridized carbons (Fsp3) is 0.211. The van der Waals surface area contributed by atoms with Gasteiger partial charge in [-0.2, -0.15) is 0 Å². The summed E-state index contributed by atoms with van der Waals surface area (Å²) in [5, 5.41) is 14.6. The Bertz CT molecular complexity index is 849. The van der Waals surface area contributed by atoms with Crippen LogP contribution in [0.4, 0.5) is 5.69 Å². The highest BCUT2D eigenvalue weighted by molar-refractivity contribution is 7.80. The van der Waals surface area contributed by atoms with E-state index in [1.165, 1.54) is 12.1 Å². The molecule has 2 aromatic rings. The van der Waals surface area contributed by atoms with Crippen molar-refractivity contribution in [3.8, 4) is 5.75 Å². The van der Waals surface area contributed by atoms with Gasteiger partial charge < -0.3 is 15.2 Å². The van der Waals surface area contributed by atoms with Crippen molar-refractivity contribution < 1.29 is 19.4 Å². The van der Waals surface area contributed by atoms with E-state index in [2.05, 4.69) is 10.6 Å². The van der Waals surface area contributed by atoms with Crippen molar-refractivity contribution in [1.82, 2.24) is 5.32 Å². The lowest BCUT2D eigenvalue weighted by Gasteiger charge is -2.13. The van der Waals surface area contributed by atoms with Gasteiger partial charge in [0.25, 0.3) is 5.91 Å². The predicted octanol–water partition coefficient (Wildman–Crippen LogP) is 3.61. The number of carbonyl (C=O) groups excluding carboxylic acids is 1. The Morgan fingerprint density at radius 3 is 2.50 bits per heavy atom. The first-order valence-corrected chi connectivity index (χ1v) is 8.40. The summed E-state index contributed by atoms with van der Waals surface area (Å²) in [6.07, 6.45) is 0.000501. The van der Waals surface area contributed by atoms with Gasteiger partial charge in [0.15, 0.2) is 5.11 Å². The van der Waals surface area contributed by atoms with Crippen molar-refractivity contribution in [3.05, 3.63) is 59.2 Å². The van der Waals surface area contributed by atoms with E-state index in [9.17, 15) is 9.59 Å². The molecule has 3 N–H and O–H groups in total. The highest BCUT2D eigenvalue weighted by Gasteiger charge is 2.12. The Morgan fingerprint density at radius 1 is 1.12 bits per heavy atom. The van der Waals surface area contributed by atoms with Gasteiger partial charge in [0.2, 0.25) is 0 Å². The fourth-order valence-electron chi connectivity index (χ4n) is 2.20. The maximum Gasteiger partial charge on any atom is 0.335 e. The first-order valence-electron chi connectivity index (χ1n) is 7.99. The summed E-state index contributed by atoms with van der Waals surface area (Å²) < 4.78 is 5.57. The second kappa shape index (κ2) is 8.44. The number of aromatic carboxylic acids is 1. The zero-order valence-electron chi connectivity index (χ0n) is 14.7. The molecule has 0 radical (unpaired) electrons. The van der Waals surface area contributed by atoms with Gasteiger partial charge in [-0.3, -0.25) is 10.1 Å². The van der Waals surface area contributed by atoms with Crippen molar-refractivity contribution in [1.29, 1.82) is 0 Å². The van der Waals surface area contributed by atoms with Crippen LogP contribution in [0.3, 0.4) is 0 Å². The van der Waals surface area contributed by atoms with Gasteiger partial charge in [-0.1, -0.05) is 12.1 Å². The molecule has 7 heteroatoms. The summed E-state index contributed by atoms with van der Waals surface area (Å²) >= 11 is 5.16. The molecule has 0 saturated heterocycles. The highest BCUT2D eigenvalue weighted by Crippen LogP contribution is 2.18. The van der Waals surface area contributed by atoms with Crippen LogP contribution in [0.15, 0.2) is 42.5 Å². The third-order valence-corrected chi connectivity index (χ3v) is 3.63. The third kappa shape index (κ3) is 5.29. The summed E-state index contributed by atoms with van der Waals surface area (Å²) in [5.74, 6) is -0.828. The minimum atomic E-state index is -1.04. The summed E-state index contributed by atoms with van der Waals surface area (Å²) in [5.41, 5.74) is 1.86. The van der Waals surface area contributed by atoms with Crippen LogP contribution in [-0.4, -0.2) is 28.2 Å². The monoisotopic (exact) mass is 372 g/mol. The third-order valence-electron chi connectivity index (χ3n) is 3.43. The zero-order chi connectivity index (χ0) is 19.3. The smallest absolute Gasteiger partial charge is 0.335 e. The second-order valence-electron chi connectivity index (χ2n) is 5.94. The number of benzene rings is 2. The molecule has 1 amide bonds. The van der Waals surface area contributed by atoms with E-state index < -0.39 is 5.97 Å². The molecule has 26 heavy (non-hydrogen) atoms. The first-order chi connectivity index (χ1) is 12.3. The number of anilines is 1. The van der Waals surface area contributed by atoms with Crippen molar-refractivity contribution >= 4 is 34.9 Å². The van der Waals surface area contributed by atoms with Gasteiger partial charge in [-0.15, -0.1) is 0 Å². The van der Waals surface area contributed by atoms with E-state index in [0.717, 1.165) is 5.56 Å². The van der Waals surface area contributed by atoms with Crippen molar-refractivity contribution in [3.63, 3.8) is 0 Å². The lowest BCUT2D eigenvalue weighted by Crippen LogP contribution is -2.34. The quantitative estimate of drug-likeness (QED) is 0.695. The molecular weight excluding hydrogens is 352 g/mol. The minimum Gasteiger partial charge on any atom is -0.491 e. The van der Waals surface area contributed by atoms with Gasteiger partial charge in [0.1, 0.15) is 5.75 Å². The first kappa shape index (κ1) is 19.4. The molecule has 0 spiro atoms. The largest absolute Gasteiger partial charge is 0.491 e. The standard InChI is InChI=1S/C19H20N2O4S/c1-11(2)25-15-6-4-5-13(9-15)17(22)21-19(26)20-16-10-14(18(23)24)8-7-12(16)3/h4-11H,1-3H3,(H,23,24)(H2,20,21,22,26). The topological polar surface area (TPSA) is 87.7 Å². The number of aryl methyl sites for hydroxylation is 1. The molecule has 0 fully saturated rings. The molecule has 0 saturated carbocycles. The van der Waals surface area contributed by atoms with E-state index in [0.29, 0.717) is 17.0 Å². The van der Waals surface area contributed by atoms with Gasteiger partial charge >= 0.3 is 5.97 Å². The Hall–Kier alpha value is -2.93. The van der Waals surface area contributed by atoms with E-state index >= 15 is 0 Å². The van der Waals surface area contributed by atoms with E-state index in [-0.39, 0.29) is 22.7 Å². The van der Waals surface area contributed by atoms with Crippen molar-refractivity contribution in [2.75, 3.05) is 5.32 Å². The Kier molecular flexibility index (Phi) is 6.30. The number of hydrogen-bond donors (Lipinski definition) is 3. The molecule has 0 unspecified atom stereocenters. The number of thiocarbonyl (C=S) groups is 1. The summed E-state index contributed by atoms with van der Waals surface area (Å²) in [6, 6.07) is 11.4. The lowest BCUT2D eigenvalue weighted by molar-refractivity contribution is 0.0696. The molecule has 0 aliphatic rings. The average molecular weight is 372 g/mol. The number of carbonyl (C=O) groups is 2. The number of rotatable bonds is 5. The van der Waals surface area contributed by atoms with Gasteiger partial charge in [0, 0.05) is 11.3 Å². The number of carboxylic acids is 1. The molecule has 2 rings (SSSR count). The lowest BCUT2D eigenvalue weighted by atomic mass is 10.1. The Balaban J connectivity index is 2.07. The number of hydrogen-bond acceptors (Lipinski definition) is 4. The maximum atomic E-state index is 12.4. The molecular formula is C19H20N2O4S. The van der Waals surface area contributed by atoms with Crippen LogP contribution in [0.5, 0.6) is 5.75 Å². The fourth-order valence-corrected chi connectivity index (χ4v) is 2.40. The summed E-state index contributed by atoms with van der Waals surface area (Å²) in [4.78, 5) is 23.4. The van der Waals surface area contributed by atoms with Crippen LogP contribution in [0.2, 0.25) is 0 Å². The van der Waals surface area contributed by atoms with Gasteiger partial charge in [0.05, 0.1) is 11.7 Å². The van der Waals surface area contributed by atoms with E-state index in [4.69, 9.17) is 22.1 Å². The van der Waals surface area contributed by atoms with Crippen LogP contribution in [0.1, 0.15) is 40.1 Å². The van der Waals surface area contributed by atoms with E-state index in [1.54, 1.807) is 30.3 Å². The van der Waals surface area contributed by atoms with Crippen LogP contribution < -0.4 is 15.4 Å². The maximum absolute atomic E-state index is 12.4. The predicted molar refractivity (Wildman–Crippen MR) is 104 cm³/mol. The normalized spacial score (nSPS) is 10.3. The number of ether oxygens (including phenoxy) is 1. The molecule has 6 nitrogen and oxygen atoms in total. The molecule has 0 atom stereocenters. The SMILES string of the molecule is Cc1ccc(C(=O)O)cc1NC(=S)NC(=O)c1cccc(OC(C)C)c1. The van der Waals surface area contributed by atoms with Crippen LogP contribution in [0, 0.1) is 6.92 Å². The van der Waals surface area contributed by atoms with E-state index in [1.807, 2.05) is 20.8 Å². The van der Waals surface area contributed by atoms with Crippen LogP contribution >= 0.6 is 12.2 Å². The number of nitrogens with one attached hydrogen (secondary N) is 2. The van der Waals surface area contributed by atoms with Gasteiger partial charge in [-0.25, -0.2) is 4.79 Å². The molecule has 2 aromatic carbocycles. The Labute approximate surface area is 157 Å². The Morgan fingerprint density at radius 2 is 1.85 bits per heavy atom. The highest BCUT2D eigenvalue weighted by atomic mass is 32.1. The van der Waals surface area contributed by atoms with Crippen molar-refractivity contribution in [2.24, 2.45) is 0 Å². The minimum absolute atomic E-state index is 0.000501. The molecule has 0 aromatic heterocycles. The number of carboxylic acid groups (broad SMARTS) is 1. The summed E-state index contributed by atoms with van der Waals surface area (Å²) in [7, 11) is 0. The van der Waals surface area contributed by atoms with Gasteiger partial charge in [-0.05, 0) is 68.9 Å². The molecule has 0 heterocycles. The number of amides is 1. The second-order valence-corrected chi connectivity index (χ2v) is 6.35. The average Bonchev–Trinajstić information content (AvgIpc) is 2.56. The molecule has 136 valence electrons. The summed E-state index contributed by atoms with van der Waals surface area (Å²) in [6.45, 7) is 5.61. The zero-order valence-corrected chi connectivity index (χ0v) is 15.5. The van der Waals surface area contributed by atoms with Crippen LogP contribution in [-0.2, 0) is 0 Å². The van der Waals surface area contributed by atoms with Crippen molar-refractivity contribution in [2.45, 2.75) is 26.9 Å².